The lowest BCUT2D eigenvalue weighted by Crippen LogP contribution is -2.30. The van der Waals surface area contributed by atoms with E-state index in [9.17, 15) is 0 Å². The van der Waals surface area contributed by atoms with Crippen molar-refractivity contribution in [2.45, 2.75) is 13.1 Å². The minimum atomic E-state index is 0.564. The van der Waals surface area contributed by atoms with Crippen molar-refractivity contribution in [1.29, 1.82) is 0 Å². The van der Waals surface area contributed by atoms with Crippen molar-refractivity contribution >= 4 is 28.2 Å². The van der Waals surface area contributed by atoms with Crippen LogP contribution in [0.25, 0.3) is 27.8 Å². The first-order valence-electron chi connectivity index (χ1n) is 9.94. The van der Waals surface area contributed by atoms with Gasteiger partial charge in [-0.05, 0) is 31.3 Å². The molecule has 30 heavy (non-hydrogen) atoms. The zero-order valence-electron chi connectivity index (χ0n) is 16.8. The Bertz CT molecular complexity index is 1390. The number of pyridine rings is 1. The number of hydrogen-bond donors (Lipinski definition) is 1. The molecule has 4 aromatic heterocycles. The maximum absolute atomic E-state index is 4.74. The van der Waals surface area contributed by atoms with Gasteiger partial charge in [0.1, 0.15) is 0 Å². The largest absolute Gasteiger partial charge is 0.320 e. The van der Waals surface area contributed by atoms with Crippen LogP contribution in [0.5, 0.6) is 0 Å². The van der Waals surface area contributed by atoms with Gasteiger partial charge >= 0.3 is 0 Å². The Labute approximate surface area is 172 Å². The van der Waals surface area contributed by atoms with Crippen LogP contribution in [0.1, 0.15) is 5.69 Å². The predicted octanol–water partition coefficient (Wildman–Crippen LogP) is 2.67. The quantitative estimate of drug-likeness (QED) is 0.502. The van der Waals surface area contributed by atoms with Crippen LogP contribution in [0.3, 0.4) is 0 Å². The van der Waals surface area contributed by atoms with E-state index in [1.807, 2.05) is 51.5 Å². The Balaban J connectivity index is 1.39. The summed E-state index contributed by atoms with van der Waals surface area (Å²) < 4.78 is 5.76. The molecule has 0 amide bonds. The molecule has 0 saturated heterocycles. The van der Waals surface area contributed by atoms with Crippen molar-refractivity contribution in [3.05, 3.63) is 54.5 Å². The monoisotopic (exact) mass is 399 g/mol. The van der Waals surface area contributed by atoms with Gasteiger partial charge in [-0.3, -0.25) is 14.3 Å². The van der Waals surface area contributed by atoms with Crippen molar-refractivity contribution in [2.24, 2.45) is 7.05 Å². The summed E-state index contributed by atoms with van der Waals surface area (Å²) in [6.45, 7) is 2.75. The molecule has 150 valence electrons. The van der Waals surface area contributed by atoms with Gasteiger partial charge < -0.3 is 5.32 Å². The first kappa shape index (κ1) is 17.2. The van der Waals surface area contributed by atoms with Gasteiger partial charge in [0.25, 0.3) is 0 Å². The molecular formula is C21H21N9. The van der Waals surface area contributed by atoms with E-state index in [-0.39, 0.29) is 0 Å². The molecule has 0 radical (unpaired) electrons. The van der Waals surface area contributed by atoms with E-state index < -0.39 is 0 Å². The number of nitrogens with one attached hydrogen (secondary N) is 1. The Morgan fingerprint density at radius 1 is 1.03 bits per heavy atom. The molecular weight excluding hydrogens is 378 g/mol. The molecule has 0 spiro atoms. The summed E-state index contributed by atoms with van der Waals surface area (Å²) in [7, 11) is 4.05. The molecule has 1 aromatic carbocycles. The van der Waals surface area contributed by atoms with Crippen LogP contribution in [0.15, 0.2) is 48.8 Å². The van der Waals surface area contributed by atoms with Gasteiger partial charge in [-0.1, -0.05) is 12.1 Å². The molecule has 5 aromatic rings. The highest BCUT2D eigenvalue weighted by Crippen LogP contribution is 2.26. The van der Waals surface area contributed by atoms with Crippen molar-refractivity contribution in [2.75, 3.05) is 18.9 Å². The SMILES string of the molecule is CN1CCn2ncc(Nc3nc4cccc(-c5ccc6nn(C)cc6c5)n4n3)c2C1. The van der Waals surface area contributed by atoms with E-state index in [1.165, 1.54) is 0 Å². The van der Waals surface area contributed by atoms with Gasteiger partial charge in [0.05, 0.1) is 35.3 Å². The van der Waals surface area contributed by atoms with Crippen molar-refractivity contribution in [1.82, 2.24) is 39.1 Å². The highest BCUT2D eigenvalue weighted by molar-refractivity contribution is 5.83. The van der Waals surface area contributed by atoms with Crippen LogP contribution in [0, 0.1) is 0 Å². The Morgan fingerprint density at radius 2 is 1.97 bits per heavy atom. The maximum Gasteiger partial charge on any atom is 0.247 e. The zero-order valence-corrected chi connectivity index (χ0v) is 16.8. The molecule has 0 bridgehead atoms. The molecule has 0 unspecified atom stereocenters. The first-order chi connectivity index (χ1) is 14.6. The van der Waals surface area contributed by atoms with E-state index in [0.29, 0.717) is 5.95 Å². The van der Waals surface area contributed by atoms with E-state index in [2.05, 4.69) is 50.6 Å². The standard InChI is InChI=1S/C21H21N9/c1-27-8-9-29-19(13-27)17(11-22-29)23-21-24-20-5-3-4-18(30(20)26-21)14-6-7-16-15(10-14)12-28(2)25-16/h3-7,10-12H,8-9,13H2,1-2H3,(H,23,26). The number of benzene rings is 1. The number of hydrogen-bond acceptors (Lipinski definition) is 6. The molecule has 0 saturated carbocycles. The van der Waals surface area contributed by atoms with Crippen molar-refractivity contribution in [3.8, 4) is 11.3 Å². The molecule has 0 atom stereocenters. The lowest BCUT2D eigenvalue weighted by Gasteiger charge is -2.24. The summed E-state index contributed by atoms with van der Waals surface area (Å²) in [6, 6.07) is 12.3. The lowest BCUT2D eigenvalue weighted by atomic mass is 10.1. The Kier molecular flexibility index (Phi) is 3.66. The maximum atomic E-state index is 4.74. The second-order valence-corrected chi connectivity index (χ2v) is 7.78. The molecule has 1 aliphatic heterocycles. The van der Waals surface area contributed by atoms with Crippen LogP contribution in [-0.2, 0) is 20.1 Å². The second-order valence-electron chi connectivity index (χ2n) is 7.78. The summed E-state index contributed by atoms with van der Waals surface area (Å²) in [6.07, 6.45) is 3.88. The molecule has 0 fully saturated rings. The summed E-state index contributed by atoms with van der Waals surface area (Å²) in [4.78, 5) is 6.97. The number of likely N-dealkylation sites (N-methyl/N-ethyl adjacent to an activating group) is 1. The fourth-order valence-electron chi connectivity index (χ4n) is 4.08. The van der Waals surface area contributed by atoms with Gasteiger partial charge in [-0.25, -0.2) is 4.52 Å². The average molecular weight is 399 g/mol. The van der Waals surface area contributed by atoms with Crippen LogP contribution in [0.2, 0.25) is 0 Å². The predicted molar refractivity (Wildman–Crippen MR) is 115 cm³/mol. The number of nitrogens with zero attached hydrogens (tertiary/aromatic N) is 8. The van der Waals surface area contributed by atoms with Crippen LogP contribution in [-0.4, -0.2) is 52.7 Å². The summed E-state index contributed by atoms with van der Waals surface area (Å²) in [5.41, 5.74) is 5.93. The van der Waals surface area contributed by atoms with Gasteiger partial charge in [-0.2, -0.15) is 15.2 Å². The van der Waals surface area contributed by atoms with Gasteiger partial charge in [-0.15, -0.1) is 5.10 Å². The minimum absolute atomic E-state index is 0.564. The fraction of sp³-hybridized carbons (Fsp3) is 0.238. The number of anilines is 2. The topological polar surface area (TPSA) is 81.1 Å². The molecule has 5 heterocycles. The summed E-state index contributed by atoms with van der Waals surface area (Å²) in [5.74, 6) is 0.564. The van der Waals surface area contributed by atoms with Gasteiger partial charge in [0, 0.05) is 37.3 Å². The minimum Gasteiger partial charge on any atom is -0.320 e. The van der Waals surface area contributed by atoms with E-state index >= 15 is 0 Å². The molecule has 0 aliphatic carbocycles. The third kappa shape index (κ3) is 2.74. The zero-order chi connectivity index (χ0) is 20.2. The molecule has 1 aliphatic rings. The van der Waals surface area contributed by atoms with Gasteiger partial charge in [0.2, 0.25) is 5.95 Å². The lowest BCUT2D eigenvalue weighted by molar-refractivity contribution is 0.259. The first-order valence-corrected chi connectivity index (χ1v) is 9.94. The smallest absolute Gasteiger partial charge is 0.247 e. The Hall–Kier alpha value is -3.72. The second kappa shape index (κ2) is 6.39. The average Bonchev–Trinajstić information content (AvgIpc) is 3.43. The highest BCUT2D eigenvalue weighted by atomic mass is 15.4. The number of aryl methyl sites for hydroxylation is 1. The third-order valence-corrected chi connectivity index (χ3v) is 5.58. The summed E-state index contributed by atoms with van der Waals surface area (Å²) >= 11 is 0. The third-order valence-electron chi connectivity index (χ3n) is 5.58. The van der Waals surface area contributed by atoms with Crippen LogP contribution in [0.4, 0.5) is 11.6 Å². The number of fused-ring (bicyclic) bond motifs is 3. The Morgan fingerprint density at radius 3 is 2.90 bits per heavy atom. The normalized spacial score (nSPS) is 14.5. The van der Waals surface area contributed by atoms with Crippen molar-refractivity contribution < 1.29 is 0 Å². The van der Waals surface area contributed by atoms with Crippen molar-refractivity contribution in [3.63, 3.8) is 0 Å². The van der Waals surface area contributed by atoms with E-state index in [0.717, 1.165) is 58.8 Å². The molecule has 6 rings (SSSR count). The molecule has 1 N–H and O–H groups in total. The number of rotatable bonds is 3. The molecule has 9 nitrogen and oxygen atoms in total. The van der Waals surface area contributed by atoms with Gasteiger partial charge in [0.15, 0.2) is 5.65 Å². The highest BCUT2D eigenvalue weighted by Gasteiger charge is 2.19. The number of aromatic nitrogens is 7. The summed E-state index contributed by atoms with van der Waals surface area (Å²) in [5, 5.41) is 18.2. The van der Waals surface area contributed by atoms with Crippen LogP contribution < -0.4 is 5.32 Å². The van der Waals surface area contributed by atoms with E-state index in [1.54, 1.807) is 0 Å². The van der Waals surface area contributed by atoms with Crippen LogP contribution >= 0.6 is 0 Å². The fourth-order valence-corrected chi connectivity index (χ4v) is 4.08. The molecule has 9 heteroatoms. The van der Waals surface area contributed by atoms with E-state index in [4.69, 9.17) is 5.10 Å².